The van der Waals surface area contributed by atoms with Crippen LogP contribution in [0, 0.1) is 5.92 Å². The van der Waals surface area contributed by atoms with Gasteiger partial charge in [-0.3, -0.25) is 0 Å². The number of nitrogens with one attached hydrogen (secondary N) is 1. The highest BCUT2D eigenvalue weighted by atomic mass is 16.4. The van der Waals surface area contributed by atoms with Gasteiger partial charge in [0.25, 0.3) is 0 Å². The zero-order valence-corrected chi connectivity index (χ0v) is 8.41. The number of carbonyl (C=O) groups is 1. The lowest BCUT2D eigenvalue weighted by Crippen LogP contribution is -2.28. The highest BCUT2D eigenvalue weighted by Gasteiger charge is 2.21. The molecule has 0 aromatic carbocycles. The van der Waals surface area contributed by atoms with Crippen LogP contribution >= 0.6 is 0 Å². The molecule has 0 saturated carbocycles. The second kappa shape index (κ2) is 5.82. The first kappa shape index (κ1) is 11.3. The quantitative estimate of drug-likeness (QED) is 0.581. The number of nitrogens with zero attached hydrogens (tertiary/aromatic N) is 1. The molecule has 1 rings (SSSR count). The highest BCUT2D eigenvalue weighted by molar-refractivity contribution is 5.64. The van der Waals surface area contributed by atoms with Gasteiger partial charge in [-0.1, -0.05) is 0 Å². The van der Waals surface area contributed by atoms with E-state index >= 15 is 0 Å². The molecular formula is C9H19N3O2. The zero-order valence-electron chi connectivity index (χ0n) is 8.41. The minimum absolute atomic E-state index is 0.566. The van der Waals surface area contributed by atoms with Crippen molar-refractivity contribution >= 4 is 6.09 Å². The van der Waals surface area contributed by atoms with Crippen molar-refractivity contribution < 1.29 is 9.90 Å². The summed E-state index contributed by atoms with van der Waals surface area (Å²) in [5.41, 5.74) is 5.46. The predicted octanol–water partition coefficient (Wildman–Crippen LogP) is -0.0753. The van der Waals surface area contributed by atoms with E-state index in [2.05, 4.69) is 10.2 Å². The summed E-state index contributed by atoms with van der Waals surface area (Å²) < 4.78 is 0. The molecule has 1 amide bonds. The van der Waals surface area contributed by atoms with Crippen molar-refractivity contribution in [2.75, 3.05) is 32.7 Å². The van der Waals surface area contributed by atoms with Crippen LogP contribution in [0.25, 0.3) is 0 Å². The van der Waals surface area contributed by atoms with Gasteiger partial charge in [-0.05, 0) is 25.3 Å². The Morgan fingerprint density at radius 1 is 1.64 bits per heavy atom. The minimum Gasteiger partial charge on any atom is -0.465 e. The van der Waals surface area contributed by atoms with Crippen LogP contribution in [0.1, 0.15) is 12.8 Å². The van der Waals surface area contributed by atoms with Gasteiger partial charge in [0.05, 0.1) is 0 Å². The van der Waals surface area contributed by atoms with Crippen molar-refractivity contribution in [2.45, 2.75) is 12.8 Å². The first-order chi connectivity index (χ1) is 6.72. The molecule has 5 nitrogen and oxygen atoms in total. The molecule has 0 aliphatic carbocycles. The summed E-state index contributed by atoms with van der Waals surface area (Å²) in [5.74, 6) is 0.633. The third-order valence-electron chi connectivity index (χ3n) is 2.64. The molecule has 1 heterocycles. The number of hydrogen-bond acceptors (Lipinski definition) is 3. The molecule has 1 unspecified atom stereocenters. The molecule has 0 radical (unpaired) electrons. The average molecular weight is 201 g/mol. The van der Waals surface area contributed by atoms with Crippen molar-refractivity contribution in [1.82, 2.24) is 10.2 Å². The summed E-state index contributed by atoms with van der Waals surface area (Å²) in [6.45, 7) is 4.41. The van der Waals surface area contributed by atoms with Crippen molar-refractivity contribution in [3.05, 3.63) is 0 Å². The molecule has 1 aliphatic rings. The largest absolute Gasteiger partial charge is 0.465 e. The lowest BCUT2D eigenvalue weighted by molar-refractivity contribution is 0.193. The number of rotatable bonds is 5. The van der Waals surface area contributed by atoms with E-state index in [4.69, 9.17) is 10.8 Å². The molecule has 0 bridgehead atoms. The molecular weight excluding hydrogens is 182 g/mol. The van der Waals surface area contributed by atoms with Gasteiger partial charge in [-0.2, -0.15) is 0 Å². The Balaban J connectivity index is 2.07. The van der Waals surface area contributed by atoms with E-state index in [0.717, 1.165) is 26.1 Å². The van der Waals surface area contributed by atoms with Gasteiger partial charge >= 0.3 is 6.09 Å². The van der Waals surface area contributed by atoms with E-state index in [0.29, 0.717) is 19.0 Å². The van der Waals surface area contributed by atoms with Crippen LogP contribution in [-0.2, 0) is 0 Å². The Morgan fingerprint density at radius 2 is 2.43 bits per heavy atom. The van der Waals surface area contributed by atoms with Crippen LogP contribution < -0.4 is 11.1 Å². The van der Waals surface area contributed by atoms with Crippen LogP contribution in [-0.4, -0.2) is 48.8 Å². The van der Waals surface area contributed by atoms with Crippen LogP contribution in [0.3, 0.4) is 0 Å². The summed E-state index contributed by atoms with van der Waals surface area (Å²) in [6.07, 6.45) is 1.18. The topological polar surface area (TPSA) is 78.6 Å². The first-order valence-corrected chi connectivity index (χ1v) is 5.11. The smallest absolute Gasteiger partial charge is 0.404 e. The number of carboxylic acid groups (broad SMARTS) is 1. The first-order valence-electron chi connectivity index (χ1n) is 5.11. The standard InChI is InChI=1S/C9H19N3O2/c10-3-6-12-5-2-8(7-12)1-4-11-9(13)14/h8,11H,1-7,10H2,(H,13,14). The molecule has 1 saturated heterocycles. The fraction of sp³-hybridized carbons (Fsp3) is 0.889. The maximum absolute atomic E-state index is 10.2. The predicted molar refractivity (Wildman–Crippen MR) is 54.2 cm³/mol. The van der Waals surface area contributed by atoms with Gasteiger partial charge in [0, 0.05) is 26.2 Å². The van der Waals surface area contributed by atoms with E-state index in [1.807, 2.05) is 0 Å². The van der Waals surface area contributed by atoms with E-state index in [1.54, 1.807) is 0 Å². The maximum Gasteiger partial charge on any atom is 0.404 e. The maximum atomic E-state index is 10.2. The van der Waals surface area contributed by atoms with Crippen LogP contribution in [0.5, 0.6) is 0 Å². The summed E-state index contributed by atoms with van der Waals surface area (Å²) in [5, 5.41) is 10.8. The molecule has 5 heteroatoms. The average Bonchev–Trinajstić information content (AvgIpc) is 2.53. The fourth-order valence-corrected chi connectivity index (χ4v) is 1.92. The molecule has 1 aliphatic heterocycles. The summed E-state index contributed by atoms with van der Waals surface area (Å²) in [4.78, 5) is 12.5. The molecule has 0 aromatic heterocycles. The van der Waals surface area contributed by atoms with Crippen LogP contribution in [0.15, 0.2) is 0 Å². The van der Waals surface area contributed by atoms with Crippen LogP contribution in [0.4, 0.5) is 4.79 Å². The Morgan fingerprint density at radius 3 is 3.07 bits per heavy atom. The lowest BCUT2D eigenvalue weighted by atomic mass is 10.1. The number of nitrogens with two attached hydrogens (primary N) is 1. The third-order valence-corrected chi connectivity index (χ3v) is 2.64. The van der Waals surface area contributed by atoms with Gasteiger partial charge in [-0.25, -0.2) is 4.79 Å². The van der Waals surface area contributed by atoms with Gasteiger partial charge < -0.3 is 21.1 Å². The van der Waals surface area contributed by atoms with Crippen LogP contribution in [0.2, 0.25) is 0 Å². The monoisotopic (exact) mass is 201 g/mol. The second-order valence-electron chi connectivity index (χ2n) is 3.76. The summed E-state index contributed by atoms with van der Waals surface area (Å²) in [7, 11) is 0. The fourth-order valence-electron chi connectivity index (χ4n) is 1.92. The normalized spacial score (nSPS) is 22.5. The molecule has 0 aromatic rings. The molecule has 82 valence electrons. The van der Waals surface area contributed by atoms with E-state index < -0.39 is 6.09 Å². The van der Waals surface area contributed by atoms with Gasteiger partial charge in [0.2, 0.25) is 0 Å². The Labute approximate surface area is 84.3 Å². The Kier molecular flexibility index (Phi) is 4.69. The van der Waals surface area contributed by atoms with Crippen molar-refractivity contribution in [1.29, 1.82) is 0 Å². The molecule has 0 spiro atoms. The number of hydrogen-bond donors (Lipinski definition) is 3. The summed E-state index contributed by atoms with van der Waals surface area (Å²) in [6, 6.07) is 0. The minimum atomic E-state index is -0.929. The van der Waals surface area contributed by atoms with Crippen molar-refractivity contribution in [2.24, 2.45) is 11.7 Å². The molecule has 1 fully saturated rings. The van der Waals surface area contributed by atoms with E-state index in [1.165, 1.54) is 6.42 Å². The zero-order chi connectivity index (χ0) is 10.4. The lowest BCUT2D eigenvalue weighted by Gasteiger charge is -2.14. The van der Waals surface area contributed by atoms with Crippen molar-refractivity contribution in [3.8, 4) is 0 Å². The van der Waals surface area contributed by atoms with Gasteiger partial charge in [0.15, 0.2) is 0 Å². The molecule has 14 heavy (non-hydrogen) atoms. The van der Waals surface area contributed by atoms with E-state index in [9.17, 15) is 4.79 Å². The summed E-state index contributed by atoms with van der Waals surface area (Å²) >= 11 is 0. The molecule has 4 N–H and O–H groups in total. The van der Waals surface area contributed by atoms with Gasteiger partial charge in [-0.15, -0.1) is 0 Å². The molecule has 1 atom stereocenters. The van der Waals surface area contributed by atoms with Gasteiger partial charge in [0.1, 0.15) is 0 Å². The van der Waals surface area contributed by atoms with Crippen molar-refractivity contribution in [3.63, 3.8) is 0 Å². The number of likely N-dealkylation sites (tertiary alicyclic amines) is 1. The Bertz CT molecular complexity index is 187. The second-order valence-corrected chi connectivity index (χ2v) is 3.76. The number of amides is 1. The van der Waals surface area contributed by atoms with E-state index in [-0.39, 0.29) is 0 Å². The highest BCUT2D eigenvalue weighted by Crippen LogP contribution is 2.18. The Hall–Kier alpha value is -0.810. The SMILES string of the molecule is NCCN1CCC(CCNC(=O)O)C1. The third kappa shape index (κ3) is 3.93.